The fourth-order valence-electron chi connectivity index (χ4n) is 3.78. The van der Waals surface area contributed by atoms with E-state index in [1.807, 2.05) is 11.8 Å². The standard InChI is InChI=1S/C24H27FN6O4S/c1-16-15-35-14-13-31(16)23-29-21(17-7-9-18(10-8-17)27-24(32)26-12-11-25)28-22(30-23)19-5-3-4-6-20(19)36(2,33)34/h3-10,16H,11-15H2,1-2H3,(H2,26,27,32). The SMILES string of the molecule is CC1COCCN1c1nc(-c2ccc(NC(=O)NCCF)cc2)nc(-c2ccccc2S(C)(=O)=O)n1. The average Bonchev–Trinajstić information content (AvgIpc) is 2.87. The number of sulfone groups is 1. The fraction of sp³-hybridized carbons (Fsp3) is 0.333. The molecule has 1 unspecified atom stereocenters. The molecular formula is C24H27FN6O4S. The van der Waals surface area contributed by atoms with Gasteiger partial charge in [-0.1, -0.05) is 12.1 Å². The lowest BCUT2D eigenvalue weighted by molar-refractivity contribution is 0.0981. The monoisotopic (exact) mass is 514 g/mol. The molecule has 0 bridgehead atoms. The lowest BCUT2D eigenvalue weighted by Gasteiger charge is -2.33. The molecule has 4 rings (SSSR count). The van der Waals surface area contributed by atoms with Gasteiger partial charge in [0.05, 0.1) is 24.2 Å². The zero-order valence-corrected chi connectivity index (χ0v) is 20.8. The van der Waals surface area contributed by atoms with Gasteiger partial charge in [0.15, 0.2) is 21.5 Å². The van der Waals surface area contributed by atoms with Crippen LogP contribution in [0.25, 0.3) is 22.8 Å². The molecule has 36 heavy (non-hydrogen) atoms. The van der Waals surface area contributed by atoms with Crippen molar-refractivity contribution in [2.75, 3.05) is 49.5 Å². The number of amides is 2. The Bertz CT molecular complexity index is 1340. The summed E-state index contributed by atoms with van der Waals surface area (Å²) in [6.45, 7) is 2.89. The van der Waals surface area contributed by atoms with Crippen LogP contribution in [0.2, 0.25) is 0 Å². The Morgan fingerprint density at radius 3 is 2.53 bits per heavy atom. The van der Waals surface area contributed by atoms with Crippen LogP contribution in [0.5, 0.6) is 0 Å². The molecule has 10 nitrogen and oxygen atoms in total. The number of rotatable bonds is 7. The van der Waals surface area contributed by atoms with E-state index in [-0.39, 0.29) is 23.3 Å². The molecule has 1 saturated heterocycles. The molecule has 2 aromatic carbocycles. The van der Waals surface area contributed by atoms with Crippen LogP contribution in [0.4, 0.5) is 20.8 Å². The summed E-state index contributed by atoms with van der Waals surface area (Å²) in [4.78, 5) is 27.9. The minimum absolute atomic E-state index is 0.0152. The first-order valence-electron chi connectivity index (χ1n) is 11.4. The second kappa shape index (κ2) is 11.0. The van der Waals surface area contributed by atoms with E-state index >= 15 is 0 Å². The smallest absolute Gasteiger partial charge is 0.319 e. The third kappa shape index (κ3) is 5.94. The van der Waals surface area contributed by atoms with Gasteiger partial charge in [-0.15, -0.1) is 0 Å². The molecule has 1 aromatic heterocycles. The van der Waals surface area contributed by atoms with E-state index in [1.165, 1.54) is 6.07 Å². The van der Waals surface area contributed by atoms with Crippen molar-refractivity contribution in [1.29, 1.82) is 0 Å². The van der Waals surface area contributed by atoms with Crippen LogP contribution < -0.4 is 15.5 Å². The number of halogens is 1. The number of anilines is 2. The summed E-state index contributed by atoms with van der Waals surface area (Å²) in [5, 5.41) is 5.02. The maximum Gasteiger partial charge on any atom is 0.319 e. The molecule has 1 aliphatic heterocycles. The summed E-state index contributed by atoms with van der Waals surface area (Å²) in [6.07, 6.45) is 1.15. The van der Waals surface area contributed by atoms with Gasteiger partial charge >= 0.3 is 6.03 Å². The van der Waals surface area contributed by atoms with Gasteiger partial charge in [-0.2, -0.15) is 9.97 Å². The van der Waals surface area contributed by atoms with Crippen molar-refractivity contribution in [2.24, 2.45) is 0 Å². The highest BCUT2D eigenvalue weighted by Gasteiger charge is 2.25. The molecule has 0 radical (unpaired) electrons. The zero-order valence-electron chi connectivity index (χ0n) is 19.9. The van der Waals surface area contributed by atoms with Crippen LogP contribution in [-0.2, 0) is 14.6 Å². The fourth-order valence-corrected chi connectivity index (χ4v) is 4.66. The van der Waals surface area contributed by atoms with Crippen LogP contribution in [0.15, 0.2) is 53.4 Å². The predicted octanol–water partition coefficient (Wildman–Crippen LogP) is 2.93. The largest absolute Gasteiger partial charge is 0.377 e. The molecular weight excluding hydrogens is 487 g/mol. The number of alkyl halides is 1. The maximum atomic E-state index is 12.5. The van der Waals surface area contributed by atoms with E-state index in [9.17, 15) is 17.6 Å². The molecule has 2 amide bonds. The van der Waals surface area contributed by atoms with Crippen LogP contribution >= 0.6 is 0 Å². The van der Waals surface area contributed by atoms with Crippen LogP contribution in [0, 0.1) is 0 Å². The van der Waals surface area contributed by atoms with E-state index in [4.69, 9.17) is 4.74 Å². The summed E-state index contributed by atoms with van der Waals surface area (Å²) in [6, 6.07) is 12.9. The van der Waals surface area contributed by atoms with Gasteiger partial charge in [0.1, 0.15) is 6.67 Å². The van der Waals surface area contributed by atoms with E-state index < -0.39 is 22.5 Å². The topological polar surface area (TPSA) is 126 Å². The van der Waals surface area contributed by atoms with Gasteiger partial charge in [0.25, 0.3) is 0 Å². The van der Waals surface area contributed by atoms with Gasteiger partial charge in [-0.3, -0.25) is 0 Å². The molecule has 1 fully saturated rings. The van der Waals surface area contributed by atoms with Crippen molar-refractivity contribution < 1.29 is 22.3 Å². The minimum Gasteiger partial charge on any atom is -0.377 e. The van der Waals surface area contributed by atoms with Crippen LogP contribution in [0.3, 0.4) is 0 Å². The number of hydrogen-bond acceptors (Lipinski definition) is 8. The lowest BCUT2D eigenvalue weighted by atomic mass is 10.1. The summed E-state index contributed by atoms with van der Waals surface area (Å²) in [5.74, 6) is 1.01. The number of hydrogen-bond donors (Lipinski definition) is 2. The Kier molecular flexibility index (Phi) is 7.75. The van der Waals surface area contributed by atoms with Crippen LogP contribution in [0.1, 0.15) is 6.92 Å². The number of nitrogens with one attached hydrogen (secondary N) is 2. The first-order chi connectivity index (χ1) is 17.3. The van der Waals surface area contributed by atoms with Crippen LogP contribution in [-0.4, -0.2) is 74.7 Å². The van der Waals surface area contributed by atoms with Crippen molar-refractivity contribution >= 4 is 27.5 Å². The zero-order chi connectivity index (χ0) is 25.7. The van der Waals surface area contributed by atoms with E-state index in [1.54, 1.807) is 42.5 Å². The highest BCUT2D eigenvalue weighted by molar-refractivity contribution is 7.90. The van der Waals surface area contributed by atoms with Gasteiger partial charge < -0.3 is 20.3 Å². The average molecular weight is 515 g/mol. The van der Waals surface area contributed by atoms with Gasteiger partial charge in [-0.05, 0) is 43.3 Å². The number of urea groups is 1. The molecule has 12 heteroatoms. The Balaban J connectivity index is 1.76. The highest BCUT2D eigenvalue weighted by atomic mass is 32.2. The second-order valence-corrected chi connectivity index (χ2v) is 10.3. The third-order valence-corrected chi connectivity index (χ3v) is 6.71. The van der Waals surface area contributed by atoms with Gasteiger partial charge in [0, 0.05) is 36.2 Å². The lowest BCUT2D eigenvalue weighted by Crippen LogP contribution is -2.44. The molecule has 190 valence electrons. The maximum absolute atomic E-state index is 12.5. The summed E-state index contributed by atoms with van der Waals surface area (Å²) < 4.78 is 42.7. The van der Waals surface area contributed by atoms with Crippen molar-refractivity contribution in [3.8, 4) is 22.8 Å². The summed E-state index contributed by atoms with van der Waals surface area (Å²) >= 11 is 0. The summed E-state index contributed by atoms with van der Waals surface area (Å²) in [7, 11) is -3.54. The molecule has 1 atom stereocenters. The quantitative estimate of drug-likeness (QED) is 0.493. The van der Waals surface area contributed by atoms with E-state index in [2.05, 4.69) is 25.6 Å². The minimum atomic E-state index is -3.54. The van der Waals surface area contributed by atoms with Crippen molar-refractivity contribution in [3.63, 3.8) is 0 Å². The molecule has 1 aliphatic rings. The van der Waals surface area contributed by atoms with Gasteiger partial charge in [0.2, 0.25) is 5.95 Å². The molecule has 3 aromatic rings. The number of ether oxygens (including phenoxy) is 1. The number of benzene rings is 2. The first kappa shape index (κ1) is 25.5. The Labute approximate surface area is 208 Å². The normalized spacial score (nSPS) is 16.0. The van der Waals surface area contributed by atoms with Crippen molar-refractivity contribution in [2.45, 2.75) is 17.9 Å². The van der Waals surface area contributed by atoms with E-state index in [0.717, 1.165) is 6.26 Å². The molecule has 0 spiro atoms. The van der Waals surface area contributed by atoms with E-state index in [0.29, 0.717) is 48.3 Å². The van der Waals surface area contributed by atoms with Crippen molar-refractivity contribution in [3.05, 3.63) is 48.5 Å². The molecule has 2 heterocycles. The number of aromatic nitrogens is 3. The van der Waals surface area contributed by atoms with Crippen molar-refractivity contribution in [1.82, 2.24) is 20.3 Å². The number of morpholine rings is 1. The third-order valence-electron chi connectivity index (χ3n) is 5.56. The van der Waals surface area contributed by atoms with Gasteiger partial charge in [-0.25, -0.2) is 22.6 Å². The number of carbonyl (C=O) groups excluding carboxylic acids is 1. The second-order valence-electron chi connectivity index (χ2n) is 8.32. The highest BCUT2D eigenvalue weighted by Crippen LogP contribution is 2.29. The molecule has 2 N–H and O–H groups in total. The number of carbonyl (C=O) groups is 1. The molecule has 0 aliphatic carbocycles. The molecule has 0 saturated carbocycles. The predicted molar refractivity (Wildman–Crippen MR) is 134 cm³/mol. The Morgan fingerprint density at radius 1 is 1.11 bits per heavy atom. The first-order valence-corrected chi connectivity index (χ1v) is 13.3. The number of nitrogens with zero attached hydrogens (tertiary/aromatic N) is 4. The summed E-state index contributed by atoms with van der Waals surface area (Å²) in [5.41, 5.74) is 1.54. The Morgan fingerprint density at radius 2 is 1.83 bits per heavy atom. The Hall–Kier alpha value is -3.64.